The first-order valence-electron chi connectivity index (χ1n) is 4.95. The molecule has 2 heteroatoms. The number of nitrogens with one attached hydrogen (secondary N) is 1. The lowest BCUT2D eigenvalue weighted by atomic mass is 10.0. The third-order valence-corrected chi connectivity index (χ3v) is 3.73. The van der Waals surface area contributed by atoms with Gasteiger partial charge < -0.3 is 5.32 Å². The van der Waals surface area contributed by atoms with E-state index in [0.29, 0.717) is 5.92 Å². The van der Waals surface area contributed by atoms with Gasteiger partial charge >= 0.3 is 0 Å². The zero-order valence-electron chi connectivity index (χ0n) is 8.20. The molecule has 1 aliphatic heterocycles. The zero-order valence-corrected chi connectivity index (χ0v) is 9.02. The summed E-state index contributed by atoms with van der Waals surface area (Å²) in [5.41, 5.74) is 1.51. The smallest absolute Gasteiger partial charge is 0.0132 e. The predicted molar refractivity (Wildman–Crippen MR) is 63.0 cm³/mol. The Balaban J connectivity index is 1.99. The third-order valence-electron chi connectivity index (χ3n) is 2.48. The Kier molecular flexibility index (Phi) is 3.27. The van der Waals surface area contributed by atoms with Crippen LogP contribution >= 0.6 is 11.8 Å². The van der Waals surface area contributed by atoms with E-state index >= 15 is 0 Å². The van der Waals surface area contributed by atoms with Crippen molar-refractivity contribution >= 4 is 11.8 Å². The Hall–Kier alpha value is -0.730. The molecular weight excluding hydrogens is 190 g/mol. The number of fused-ring (bicyclic) bond motifs is 1. The highest BCUT2D eigenvalue weighted by molar-refractivity contribution is 7.99. The van der Waals surface area contributed by atoms with Crippen molar-refractivity contribution in [3.05, 3.63) is 42.5 Å². The van der Waals surface area contributed by atoms with E-state index in [9.17, 15) is 0 Å². The topological polar surface area (TPSA) is 12.0 Å². The minimum atomic E-state index is 0.677. The fraction of sp³-hybridized carbons (Fsp3) is 0.333. The zero-order chi connectivity index (χ0) is 9.80. The molecule has 0 fully saturated rings. The molecule has 0 saturated carbocycles. The number of thioether (sulfide) groups is 1. The fourth-order valence-corrected chi connectivity index (χ4v) is 3.01. The Morgan fingerprint density at radius 1 is 1.50 bits per heavy atom. The molecule has 1 heterocycles. The maximum Gasteiger partial charge on any atom is 0.0132 e. The summed E-state index contributed by atoms with van der Waals surface area (Å²) < 4.78 is 0. The number of hydrogen-bond donors (Lipinski definition) is 1. The Labute approximate surface area is 89.6 Å². The van der Waals surface area contributed by atoms with E-state index < -0.39 is 0 Å². The quantitative estimate of drug-likeness (QED) is 0.599. The van der Waals surface area contributed by atoms with Crippen molar-refractivity contribution in [2.45, 2.75) is 10.8 Å². The maximum atomic E-state index is 3.70. The van der Waals surface area contributed by atoms with Crippen molar-refractivity contribution in [1.82, 2.24) is 5.32 Å². The standard InChI is InChI=1S/C12H15NS/c1-2-7-13-8-10-9-14-12-6-4-3-5-11(10)12/h2-6,10,13H,1,7-9H2. The molecule has 0 amide bonds. The lowest BCUT2D eigenvalue weighted by Gasteiger charge is -2.10. The van der Waals surface area contributed by atoms with Crippen LogP contribution in [0.3, 0.4) is 0 Å². The number of rotatable bonds is 4. The van der Waals surface area contributed by atoms with Gasteiger partial charge in [0.15, 0.2) is 0 Å². The molecule has 1 aromatic carbocycles. The van der Waals surface area contributed by atoms with Crippen LogP contribution in [0, 0.1) is 0 Å². The van der Waals surface area contributed by atoms with Gasteiger partial charge in [0.05, 0.1) is 0 Å². The molecule has 1 nitrogen and oxygen atoms in total. The van der Waals surface area contributed by atoms with Crippen molar-refractivity contribution in [2.75, 3.05) is 18.8 Å². The molecule has 1 atom stereocenters. The Morgan fingerprint density at radius 2 is 2.36 bits per heavy atom. The SMILES string of the molecule is C=CCNCC1CSc2ccccc21. The maximum absolute atomic E-state index is 3.70. The molecule has 0 aliphatic carbocycles. The van der Waals surface area contributed by atoms with E-state index in [1.807, 2.05) is 17.8 Å². The Morgan fingerprint density at radius 3 is 3.21 bits per heavy atom. The van der Waals surface area contributed by atoms with Gasteiger partial charge in [-0.1, -0.05) is 24.3 Å². The highest BCUT2D eigenvalue weighted by atomic mass is 32.2. The van der Waals surface area contributed by atoms with Crippen LogP contribution in [-0.2, 0) is 0 Å². The van der Waals surface area contributed by atoms with E-state index in [1.165, 1.54) is 16.2 Å². The average Bonchev–Trinajstić information content (AvgIpc) is 2.63. The van der Waals surface area contributed by atoms with Gasteiger partial charge in [-0.05, 0) is 11.6 Å². The van der Waals surface area contributed by atoms with E-state index in [0.717, 1.165) is 13.1 Å². The molecule has 0 bridgehead atoms. The van der Waals surface area contributed by atoms with Gasteiger partial charge in [-0.25, -0.2) is 0 Å². The molecule has 14 heavy (non-hydrogen) atoms. The Bertz CT molecular complexity index is 322. The summed E-state index contributed by atoms with van der Waals surface area (Å²) in [6, 6.07) is 8.71. The van der Waals surface area contributed by atoms with Crippen LogP contribution in [0.4, 0.5) is 0 Å². The second-order valence-corrected chi connectivity index (χ2v) is 4.55. The van der Waals surface area contributed by atoms with Crippen LogP contribution in [0.5, 0.6) is 0 Å². The monoisotopic (exact) mass is 205 g/mol. The molecule has 0 aromatic heterocycles. The summed E-state index contributed by atoms with van der Waals surface area (Å²) in [4.78, 5) is 1.46. The highest BCUT2D eigenvalue weighted by Gasteiger charge is 2.21. The molecule has 1 aliphatic rings. The number of hydrogen-bond acceptors (Lipinski definition) is 2. The third kappa shape index (κ3) is 2.02. The van der Waals surface area contributed by atoms with Crippen LogP contribution in [0.25, 0.3) is 0 Å². The van der Waals surface area contributed by atoms with Crippen LogP contribution < -0.4 is 5.32 Å². The highest BCUT2D eigenvalue weighted by Crippen LogP contribution is 2.38. The molecule has 0 spiro atoms. The van der Waals surface area contributed by atoms with Gasteiger partial charge in [-0.3, -0.25) is 0 Å². The molecular formula is C12H15NS. The van der Waals surface area contributed by atoms with Gasteiger partial charge in [0, 0.05) is 29.7 Å². The van der Waals surface area contributed by atoms with Crippen molar-refractivity contribution in [3.8, 4) is 0 Å². The van der Waals surface area contributed by atoms with Gasteiger partial charge in [0.25, 0.3) is 0 Å². The molecule has 1 aromatic rings. The molecule has 74 valence electrons. The van der Waals surface area contributed by atoms with Crippen LogP contribution in [0.1, 0.15) is 11.5 Å². The van der Waals surface area contributed by atoms with E-state index in [1.54, 1.807) is 0 Å². The van der Waals surface area contributed by atoms with Gasteiger partial charge in [0.1, 0.15) is 0 Å². The van der Waals surface area contributed by atoms with E-state index in [2.05, 4.69) is 36.2 Å². The van der Waals surface area contributed by atoms with Gasteiger partial charge in [-0.2, -0.15) is 0 Å². The average molecular weight is 205 g/mol. The van der Waals surface area contributed by atoms with Crippen LogP contribution in [-0.4, -0.2) is 18.8 Å². The molecule has 1 unspecified atom stereocenters. The van der Waals surface area contributed by atoms with Crippen molar-refractivity contribution < 1.29 is 0 Å². The van der Waals surface area contributed by atoms with Crippen LogP contribution in [0.15, 0.2) is 41.8 Å². The lowest BCUT2D eigenvalue weighted by Crippen LogP contribution is -2.21. The van der Waals surface area contributed by atoms with Crippen molar-refractivity contribution in [3.63, 3.8) is 0 Å². The van der Waals surface area contributed by atoms with Crippen LogP contribution in [0.2, 0.25) is 0 Å². The largest absolute Gasteiger partial charge is 0.313 e. The minimum Gasteiger partial charge on any atom is -0.313 e. The predicted octanol–water partition coefficient (Wildman–Crippen LogP) is 2.65. The molecule has 0 radical (unpaired) electrons. The van der Waals surface area contributed by atoms with Crippen molar-refractivity contribution in [2.24, 2.45) is 0 Å². The molecule has 1 N–H and O–H groups in total. The first-order valence-corrected chi connectivity index (χ1v) is 5.93. The summed E-state index contributed by atoms with van der Waals surface area (Å²) >= 11 is 1.97. The van der Waals surface area contributed by atoms with Gasteiger partial charge in [0.2, 0.25) is 0 Å². The second-order valence-electron chi connectivity index (χ2n) is 3.49. The summed E-state index contributed by atoms with van der Waals surface area (Å²) in [6.45, 7) is 5.67. The van der Waals surface area contributed by atoms with E-state index in [-0.39, 0.29) is 0 Å². The first kappa shape index (κ1) is 9.81. The van der Waals surface area contributed by atoms with Gasteiger partial charge in [-0.15, -0.1) is 18.3 Å². The van der Waals surface area contributed by atoms with Crippen molar-refractivity contribution in [1.29, 1.82) is 0 Å². The summed E-state index contributed by atoms with van der Waals surface area (Å²) in [5, 5.41) is 3.39. The number of benzene rings is 1. The summed E-state index contributed by atoms with van der Waals surface area (Å²) in [5.74, 6) is 1.89. The molecule has 0 saturated heterocycles. The summed E-state index contributed by atoms with van der Waals surface area (Å²) in [7, 11) is 0. The molecule has 2 rings (SSSR count). The minimum absolute atomic E-state index is 0.677. The first-order chi connectivity index (χ1) is 6.92. The summed E-state index contributed by atoms with van der Waals surface area (Å²) in [6.07, 6.45) is 1.91. The normalized spacial score (nSPS) is 19.3. The lowest BCUT2D eigenvalue weighted by molar-refractivity contribution is 0.659. The fourth-order valence-electron chi connectivity index (χ4n) is 1.76. The van der Waals surface area contributed by atoms with E-state index in [4.69, 9.17) is 0 Å². The second kappa shape index (κ2) is 4.67.